The van der Waals surface area contributed by atoms with Gasteiger partial charge in [-0.25, -0.2) is 0 Å². The molecular weight excluding hydrogens is 248 g/mol. The molecule has 42 valence electrons. The van der Waals surface area contributed by atoms with Crippen LogP contribution in [0.3, 0.4) is 0 Å². The zero-order chi connectivity index (χ0) is 4.28. The van der Waals surface area contributed by atoms with Crippen LogP contribution in [-0.4, -0.2) is 54.7 Å². The second-order valence-electron chi connectivity index (χ2n) is 1.41. The van der Waals surface area contributed by atoms with Gasteiger partial charge in [0.2, 0.25) is 0 Å². The van der Waals surface area contributed by atoms with Crippen LogP contribution < -0.4 is 0 Å². The summed E-state index contributed by atoms with van der Waals surface area (Å²) >= 11 is 0. The zero-order valence-electron chi connectivity index (χ0n) is 4.15. The SMILES string of the molecule is CC(C)C=P.S.[BaH2]. The fourth-order valence-electron chi connectivity index (χ4n) is 0. The van der Waals surface area contributed by atoms with E-state index in [-0.39, 0.29) is 62.4 Å². The Labute approximate surface area is 95.2 Å². The second-order valence-corrected chi connectivity index (χ2v) is 1.74. The topological polar surface area (TPSA) is 0 Å². The normalized spacial score (nSPS) is 6.14. The predicted octanol–water partition coefficient (Wildman–Crippen LogP) is 0.784. The first-order valence-electron chi connectivity index (χ1n) is 1.78. The third-order valence-corrected chi connectivity index (χ3v) is 1.00. The van der Waals surface area contributed by atoms with Crippen molar-refractivity contribution in [2.24, 2.45) is 5.92 Å². The molecule has 0 aliphatic carbocycles. The average molecular weight is 262 g/mol. The van der Waals surface area contributed by atoms with Crippen molar-refractivity contribution in [2.45, 2.75) is 13.8 Å². The van der Waals surface area contributed by atoms with Crippen LogP contribution >= 0.6 is 22.4 Å². The first-order chi connectivity index (χ1) is 2.27. The van der Waals surface area contributed by atoms with Crippen LogP contribution in [0.4, 0.5) is 0 Å². The second kappa shape index (κ2) is 11.0. The van der Waals surface area contributed by atoms with Crippen molar-refractivity contribution in [1.82, 2.24) is 0 Å². The van der Waals surface area contributed by atoms with E-state index >= 15 is 0 Å². The van der Waals surface area contributed by atoms with Gasteiger partial charge in [0.1, 0.15) is 0 Å². The molecule has 0 fully saturated rings. The molecule has 0 saturated carbocycles. The van der Waals surface area contributed by atoms with E-state index < -0.39 is 0 Å². The quantitative estimate of drug-likeness (QED) is 0.483. The van der Waals surface area contributed by atoms with Gasteiger partial charge in [-0.15, -0.1) is 8.86 Å². The van der Waals surface area contributed by atoms with E-state index in [1.165, 1.54) is 0 Å². The third-order valence-electron chi connectivity index (χ3n) is 0.333. The molecule has 0 N–H and O–H groups in total. The van der Waals surface area contributed by atoms with Gasteiger partial charge in [-0.2, -0.15) is 13.5 Å². The fourth-order valence-corrected chi connectivity index (χ4v) is 0. The van der Waals surface area contributed by atoms with E-state index in [1.807, 2.05) is 5.80 Å². The minimum absolute atomic E-state index is 0. The van der Waals surface area contributed by atoms with Crippen LogP contribution in [-0.2, 0) is 0 Å². The Morgan fingerprint density at radius 2 is 1.57 bits per heavy atom. The molecule has 0 aliphatic rings. The summed E-state index contributed by atoms with van der Waals surface area (Å²) in [6.07, 6.45) is 0. The molecule has 0 bridgehead atoms. The molecular formula is C4H13BaPS. The van der Waals surface area contributed by atoms with E-state index in [4.69, 9.17) is 0 Å². The van der Waals surface area contributed by atoms with E-state index in [0.29, 0.717) is 5.92 Å². The van der Waals surface area contributed by atoms with Crippen molar-refractivity contribution >= 4 is 77.0 Å². The Morgan fingerprint density at radius 3 is 1.57 bits per heavy atom. The van der Waals surface area contributed by atoms with Crippen molar-refractivity contribution in [3.05, 3.63) is 0 Å². The molecule has 0 nitrogen and oxygen atoms in total. The first-order valence-corrected chi connectivity index (χ1v) is 2.35. The molecule has 0 radical (unpaired) electrons. The number of hydrogen-bond donors (Lipinski definition) is 0. The van der Waals surface area contributed by atoms with E-state index in [1.54, 1.807) is 0 Å². The Hall–Kier alpha value is 2.09. The van der Waals surface area contributed by atoms with Crippen LogP contribution in [0.2, 0.25) is 0 Å². The molecule has 0 rings (SSSR count). The minimum atomic E-state index is 0. The third kappa shape index (κ3) is 17.9. The Bertz CT molecular complexity index is 38.7. The Kier molecular flexibility index (Phi) is 25.1. The summed E-state index contributed by atoms with van der Waals surface area (Å²) < 4.78 is 0. The molecule has 0 heterocycles. The van der Waals surface area contributed by atoms with Gasteiger partial charge >= 0.3 is 48.9 Å². The summed E-state index contributed by atoms with van der Waals surface area (Å²) in [5.41, 5.74) is 0. The molecule has 0 atom stereocenters. The summed E-state index contributed by atoms with van der Waals surface area (Å²) in [7, 11) is 3.23. The molecule has 0 aromatic rings. The van der Waals surface area contributed by atoms with Crippen LogP contribution in [0.5, 0.6) is 0 Å². The van der Waals surface area contributed by atoms with Gasteiger partial charge in [0, 0.05) is 0 Å². The van der Waals surface area contributed by atoms with Crippen LogP contribution in [0.1, 0.15) is 13.8 Å². The fraction of sp³-hybridized carbons (Fsp3) is 0.750. The van der Waals surface area contributed by atoms with Crippen molar-refractivity contribution in [1.29, 1.82) is 0 Å². The maximum atomic E-state index is 3.23. The molecule has 0 aliphatic heterocycles. The molecule has 0 amide bonds. The van der Waals surface area contributed by atoms with Gasteiger partial charge < -0.3 is 0 Å². The van der Waals surface area contributed by atoms with E-state index in [9.17, 15) is 0 Å². The van der Waals surface area contributed by atoms with Crippen LogP contribution in [0, 0.1) is 5.92 Å². The maximum absolute atomic E-state index is 3.23. The van der Waals surface area contributed by atoms with Gasteiger partial charge in [0.05, 0.1) is 0 Å². The van der Waals surface area contributed by atoms with Crippen LogP contribution in [0.15, 0.2) is 0 Å². The van der Waals surface area contributed by atoms with Crippen molar-refractivity contribution < 1.29 is 0 Å². The summed E-state index contributed by atoms with van der Waals surface area (Å²) in [5, 5.41) is 0. The molecule has 0 aromatic carbocycles. The molecule has 3 heteroatoms. The standard InChI is InChI=1S/C4H9P.Ba.H2S.2H/c1-4(2)3-5;;;;/h3-5H,1-2H3;;1H2;;. The van der Waals surface area contributed by atoms with Gasteiger partial charge in [0.25, 0.3) is 0 Å². The Morgan fingerprint density at radius 1 is 1.43 bits per heavy atom. The molecule has 0 aromatic heterocycles. The predicted molar refractivity (Wildman–Crippen MR) is 48.1 cm³/mol. The van der Waals surface area contributed by atoms with Gasteiger partial charge in [0.15, 0.2) is 0 Å². The molecule has 0 unspecified atom stereocenters. The Balaban J connectivity index is -0.0000000800. The molecule has 0 spiro atoms. The summed E-state index contributed by atoms with van der Waals surface area (Å²) in [6, 6.07) is 0. The summed E-state index contributed by atoms with van der Waals surface area (Å²) in [5.74, 6) is 2.65. The monoisotopic (exact) mass is 262 g/mol. The zero-order valence-corrected chi connectivity index (χ0v) is 6.15. The van der Waals surface area contributed by atoms with Gasteiger partial charge in [-0.3, -0.25) is 0 Å². The van der Waals surface area contributed by atoms with Crippen LogP contribution in [0.25, 0.3) is 0 Å². The molecule has 0 saturated heterocycles. The van der Waals surface area contributed by atoms with Crippen molar-refractivity contribution in [2.75, 3.05) is 0 Å². The van der Waals surface area contributed by atoms with Gasteiger partial charge in [-0.05, 0) is 5.92 Å². The van der Waals surface area contributed by atoms with E-state index in [0.717, 1.165) is 0 Å². The van der Waals surface area contributed by atoms with Crippen molar-refractivity contribution in [3.8, 4) is 0 Å². The van der Waals surface area contributed by atoms with Crippen molar-refractivity contribution in [3.63, 3.8) is 0 Å². The first kappa shape index (κ1) is 16.0. The number of rotatable bonds is 1. The average Bonchev–Trinajstić information content (AvgIpc) is 1.38. The summed E-state index contributed by atoms with van der Waals surface area (Å²) in [4.78, 5) is 0. The van der Waals surface area contributed by atoms with Gasteiger partial charge in [-0.1, -0.05) is 19.6 Å². The number of hydrogen-bond acceptors (Lipinski definition) is 0. The summed E-state index contributed by atoms with van der Waals surface area (Å²) in [6.45, 7) is 4.24. The van der Waals surface area contributed by atoms with E-state index in [2.05, 4.69) is 22.7 Å². The molecule has 7 heavy (non-hydrogen) atoms.